The quantitative estimate of drug-likeness (QED) is 0.630. The Balaban J connectivity index is 2.02. The van der Waals surface area contributed by atoms with E-state index >= 15 is 0 Å². The number of hydrogen-bond donors (Lipinski definition) is 1. The summed E-state index contributed by atoms with van der Waals surface area (Å²) in [6, 6.07) is 12.7. The van der Waals surface area contributed by atoms with Crippen molar-refractivity contribution in [3.05, 3.63) is 65.4 Å². The van der Waals surface area contributed by atoms with Crippen LogP contribution in [0, 0.1) is 6.92 Å². The zero-order chi connectivity index (χ0) is 20.1. The number of nitrogens with one attached hydrogen (secondary N) is 1. The molecule has 0 spiro atoms. The van der Waals surface area contributed by atoms with Crippen LogP contribution in [0.3, 0.4) is 0 Å². The predicted molar refractivity (Wildman–Crippen MR) is 108 cm³/mol. The van der Waals surface area contributed by atoms with Crippen LogP contribution in [0.2, 0.25) is 0 Å². The van der Waals surface area contributed by atoms with Gasteiger partial charge in [0.05, 0.1) is 30.0 Å². The minimum Gasteiger partial charge on any atom is -0.462 e. The fraction of sp³-hybridized carbons (Fsp3) is 0.227. The third-order valence-corrected chi connectivity index (χ3v) is 4.18. The van der Waals surface area contributed by atoms with Crippen LogP contribution in [0.5, 0.6) is 0 Å². The van der Waals surface area contributed by atoms with Crippen LogP contribution in [0.15, 0.2) is 48.7 Å². The molecule has 0 saturated carbocycles. The molecule has 0 fully saturated rings. The van der Waals surface area contributed by atoms with Gasteiger partial charge in [-0.15, -0.1) is 0 Å². The van der Waals surface area contributed by atoms with E-state index < -0.39 is 5.97 Å². The van der Waals surface area contributed by atoms with E-state index in [4.69, 9.17) is 9.47 Å². The number of pyridine rings is 1. The van der Waals surface area contributed by atoms with Crippen molar-refractivity contribution < 1.29 is 19.1 Å². The molecule has 1 N–H and O–H groups in total. The normalized spacial score (nSPS) is 10.5. The average molecular weight is 378 g/mol. The lowest BCUT2D eigenvalue weighted by atomic mass is 10.1. The predicted octanol–water partition coefficient (Wildman–Crippen LogP) is 4.64. The molecule has 1 aromatic heterocycles. The molecule has 1 heterocycles. The summed E-state index contributed by atoms with van der Waals surface area (Å²) in [7, 11) is 0. The number of nitrogens with zero attached hydrogens (tertiary/aromatic N) is 1. The minimum atomic E-state index is -0.441. The Morgan fingerprint density at radius 2 is 1.64 bits per heavy atom. The van der Waals surface area contributed by atoms with Crippen LogP contribution in [0.4, 0.5) is 11.4 Å². The fourth-order valence-electron chi connectivity index (χ4n) is 2.85. The molecule has 0 aliphatic carbocycles. The Hall–Kier alpha value is -3.41. The SMILES string of the molecule is CCOC(=O)c1ccc(Nc2c(C(=O)OCC)cnc3ccc(C)cc23)cc1. The number of benzene rings is 2. The summed E-state index contributed by atoms with van der Waals surface area (Å²) >= 11 is 0. The molecule has 0 aliphatic heterocycles. The van der Waals surface area contributed by atoms with Crippen molar-refractivity contribution in [3.63, 3.8) is 0 Å². The van der Waals surface area contributed by atoms with E-state index in [-0.39, 0.29) is 12.6 Å². The molecule has 28 heavy (non-hydrogen) atoms. The maximum atomic E-state index is 12.4. The van der Waals surface area contributed by atoms with Crippen molar-refractivity contribution in [2.75, 3.05) is 18.5 Å². The van der Waals surface area contributed by atoms with Gasteiger partial charge in [-0.3, -0.25) is 4.98 Å². The molecule has 144 valence electrons. The largest absolute Gasteiger partial charge is 0.462 e. The summed E-state index contributed by atoms with van der Waals surface area (Å²) in [5, 5.41) is 4.11. The minimum absolute atomic E-state index is 0.276. The van der Waals surface area contributed by atoms with Crippen molar-refractivity contribution in [2.45, 2.75) is 20.8 Å². The molecule has 6 nitrogen and oxygen atoms in total. The lowest BCUT2D eigenvalue weighted by Gasteiger charge is -2.15. The highest BCUT2D eigenvalue weighted by Gasteiger charge is 2.17. The molecule has 0 bridgehead atoms. The third-order valence-electron chi connectivity index (χ3n) is 4.18. The highest BCUT2D eigenvalue weighted by atomic mass is 16.5. The van der Waals surface area contributed by atoms with Gasteiger partial charge >= 0.3 is 11.9 Å². The van der Waals surface area contributed by atoms with Crippen LogP contribution in [0.25, 0.3) is 10.9 Å². The smallest absolute Gasteiger partial charge is 0.341 e. The van der Waals surface area contributed by atoms with Gasteiger partial charge in [0.25, 0.3) is 0 Å². The number of carbonyl (C=O) groups is 2. The molecule has 0 aliphatic rings. The van der Waals surface area contributed by atoms with E-state index in [1.807, 2.05) is 25.1 Å². The van der Waals surface area contributed by atoms with E-state index in [1.54, 1.807) is 38.1 Å². The Bertz CT molecular complexity index is 1010. The van der Waals surface area contributed by atoms with Crippen LogP contribution in [0.1, 0.15) is 40.1 Å². The van der Waals surface area contributed by atoms with E-state index in [0.29, 0.717) is 23.4 Å². The second-order valence-electron chi connectivity index (χ2n) is 6.21. The lowest BCUT2D eigenvalue weighted by Crippen LogP contribution is -2.09. The van der Waals surface area contributed by atoms with Crippen molar-refractivity contribution in [3.8, 4) is 0 Å². The van der Waals surface area contributed by atoms with Crippen LogP contribution >= 0.6 is 0 Å². The Labute approximate surface area is 163 Å². The van der Waals surface area contributed by atoms with Gasteiger partial charge in [0.15, 0.2) is 0 Å². The number of rotatable bonds is 6. The van der Waals surface area contributed by atoms with Gasteiger partial charge in [-0.25, -0.2) is 9.59 Å². The van der Waals surface area contributed by atoms with Crippen LogP contribution < -0.4 is 5.32 Å². The highest BCUT2D eigenvalue weighted by Crippen LogP contribution is 2.30. The fourth-order valence-corrected chi connectivity index (χ4v) is 2.85. The zero-order valence-corrected chi connectivity index (χ0v) is 16.1. The molecule has 3 aromatic rings. The second kappa shape index (κ2) is 8.52. The molecule has 0 atom stereocenters. The van der Waals surface area contributed by atoms with Gasteiger partial charge in [-0.2, -0.15) is 0 Å². The van der Waals surface area contributed by atoms with Gasteiger partial charge in [0.2, 0.25) is 0 Å². The second-order valence-corrected chi connectivity index (χ2v) is 6.21. The standard InChI is InChI=1S/C22H22N2O4/c1-4-27-21(25)15-7-9-16(10-8-15)24-20-17-12-14(3)6-11-19(17)23-13-18(20)22(26)28-5-2/h6-13H,4-5H2,1-3H3,(H,23,24). The summed E-state index contributed by atoms with van der Waals surface area (Å²) in [6.45, 7) is 6.11. The van der Waals surface area contributed by atoms with Gasteiger partial charge < -0.3 is 14.8 Å². The topological polar surface area (TPSA) is 77.5 Å². The van der Waals surface area contributed by atoms with Crippen molar-refractivity contribution in [1.29, 1.82) is 0 Å². The van der Waals surface area contributed by atoms with E-state index in [9.17, 15) is 9.59 Å². The first-order valence-corrected chi connectivity index (χ1v) is 9.14. The van der Waals surface area contributed by atoms with E-state index in [1.165, 1.54) is 6.20 Å². The number of ether oxygens (including phenoxy) is 2. The third kappa shape index (κ3) is 4.11. The van der Waals surface area contributed by atoms with Crippen molar-refractivity contribution in [1.82, 2.24) is 4.98 Å². The average Bonchev–Trinajstić information content (AvgIpc) is 2.69. The number of esters is 2. The van der Waals surface area contributed by atoms with E-state index in [2.05, 4.69) is 10.3 Å². The molecule has 0 radical (unpaired) electrons. The molecule has 0 amide bonds. The maximum absolute atomic E-state index is 12.4. The Morgan fingerprint density at radius 1 is 0.964 bits per heavy atom. The van der Waals surface area contributed by atoms with Gasteiger partial charge in [-0.05, 0) is 57.2 Å². The van der Waals surface area contributed by atoms with Crippen molar-refractivity contribution >= 4 is 34.2 Å². The van der Waals surface area contributed by atoms with Crippen molar-refractivity contribution in [2.24, 2.45) is 0 Å². The molecule has 2 aromatic carbocycles. The maximum Gasteiger partial charge on any atom is 0.341 e. The Morgan fingerprint density at radius 3 is 2.32 bits per heavy atom. The molecule has 3 rings (SSSR count). The summed E-state index contributed by atoms with van der Waals surface area (Å²) in [5.74, 6) is -0.810. The molecule has 6 heteroatoms. The van der Waals surface area contributed by atoms with Gasteiger partial charge in [0.1, 0.15) is 5.56 Å². The summed E-state index contributed by atoms with van der Waals surface area (Å²) in [6.07, 6.45) is 1.52. The zero-order valence-electron chi connectivity index (χ0n) is 16.1. The first-order chi connectivity index (χ1) is 13.5. The monoisotopic (exact) mass is 378 g/mol. The summed E-state index contributed by atoms with van der Waals surface area (Å²) in [4.78, 5) is 28.6. The lowest BCUT2D eigenvalue weighted by molar-refractivity contribution is 0.0517. The van der Waals surface area contributed by atoms with Gasteiger partial charge in [-0.1, -0.05) is 11.6 Å². The number of aryl methyl sites for hydroxylation is 1. The number of aromatic nitrogens is 1. The van der Waals surface area contributed by atoms with E-state index in [0.717, 1.165) is 22.2 Å². The van der Waals surface area contributed by atoms with Gasteiger partial charge in [0, 0.05) is 17.3 Å². The molecule has 0 unspecified atom stereocenters. The summed E-state index contributed by atoms with van der Waals surface area (Å²) in [5.41, 5.74) is 3.99. The summed E-state index contributed by atoms with van der Waals surface area (Å²) < 4.78 is 10.2. The molecular weight excluding hydrogens is 356 g/mol. The number of anilines is 2. The number of hydrogen-bond acceptors (Lipinski definition) is 6. The number of carbonyl (C=O) groups excluding carboxylic acids is 2. The molecule has 0 saturated heterocycles. The molecular formula is C22H22N2O4. The first kappa shape index (κ1) is 19.4. The highest BCUT2D eigenvalue weighted by molar-refractivity contribution is 6.06. The first-order valence-electron chi connectivity index (χ1n) is 9.14. The van der Waals surface area contributed by atoms with Crippen LogP contribution in [-0.4, -0.2) is 30.1 Å². The Kier molecular flexibility index (Phi) is 5.89. The van der Waals surface area contributed by atoms with Crippen LogP contribution in [-0.2, 0) is 9.47 Å². The number of fused-ring (bicyclic) bond motifs is 1.